The van der Waals surface area contributed by atoms with Crippen LogP contribution in [0.15, 0.2) is 47.4 Å². The Labute approximate surface area is 229 Å². The van der Waals surface area contributed by atoms with Crippen LogP contribution < -0.4 is 9.88 Å². The first kappa shape index (κ1) is 26.3. The lowest BCUT2D eigenvalue weighted by atomic mass is 10.0. The Hall–Kier alpha value is -2.95. The smallest absolute Gasteiger partial charge is 0.254 e. The molecule has 4 aliphatic rings. The molecule has 208 valence electrons. The fraction of sp³-hybridized carbons (Fsp3) is 0.517. The molecule has 2 amide bonds. The number of rotatable bonds is 7. The minimum absolute atomic E-state index is 0.0191. The molecule has 1 saturated carbocycles. The minimum Gasteiger partial charge on any atom is -0.493 e. The molecule has 3 aliphatic heterocycles. The third-order valence-electron chi connectivity index (χ3n) is 8.54. The van der Waals surface area contributed by atoms with E-state index in [0.717, 1.165) is 44.6 Å². The van der Waals surface area contributed by atoms with Crippen molar-refractivity contribution < 1.29 is 27.5 Å². The fourth-order valence-electron chi connectivity index (χ4n) is 6.09. The van der Waals surface area contributed by atoms with Crippen molar-refractivity contribution in [3.63, 3.8) is 0 Å². The molecule has 39 heavy (non-hydrogen) atoms. The number of primary sulfonamides is 1. The van der Waals surface area contributed by atoms with E-state index in [4.69, 9.17) is 14.6 Å². The van der Waals surface area contributed by atoms with Gasteiger partial charge in [-0.1, -0.05) is 0 Å². The second-order valence-electron chi connectivity index (χ2n) is 11.4. The SMILES string of the molecule is NS(=O)(=O)c1ccc(C(=O)N2CC3CN(C(=O)c4cc(OCC5CCOCC5)cc(C5CC5)c4)C[C@@H]3C2)cc1. The van der Waals surface area contributed by atoms with Gasteiger partial charge in [-0.05, 0) is 85.5 Å². The summed E-state index contributed by atoms with van der Waals surface area (Å²) in [7, 11) is -3.80. The van der Waals surface area contributed by atoms with Gasteiger partial charge in [0, 0.05) is 62.4 Å². The van der Waals surface area contributed by atoms with Crippen molar-refractivity contribution in [2.45, 2.75) is 36.5 Å². The zero-order valence-electron chi connectivity index (χ0n) is 22.0. The number of carbonyl (C=O) groups excluding carboxylic acids is 2. The summed E-state index contributed by atoms with van der Waals surface area (Å²) in [5.74, 6) is 2.11. The average molecular weight is 554 g/mol. The van der Waals surface area contributed by atoms with Crippen LogP contribution in [-0.4, -0.2) is 76.0 Å². The predicted octanol–water partition coefficient (Wildman–Crippen LogP) is 2.86. The summed E-state index contributed by atoms with van der Waals surface area (Å²) in [4.78, 5) is 30.3. The molecule has 2 N–H and O–H groups in total. The van der Waals surface area contributed by atoms with Crippen LogP contribution in [0.5, 0.6) is 5.75 Å². The minimum atomic E-state index is -3.80. The van der Waals surface area contributed by atoms with E-state index in [9.17, 15) is 18.0 Å². The molecule has 4 fully saturated rings. The number of hydrogen-bond donors (Lipinski definition) is 1. The Balaban J connectivity index is 1.09. The van der Waals surface area contributed by atoms with E-state index in [2.05, 4.69) is 6.07 Å². The number of amides is 2. The first-order valence-corrected chi connectivity index (χ1v) is 15.4. The fourth-order valence-corrected chi connectivity index (χ4v) is 6.60. The Kier molecular flexibility index (Phi) is 7.11. The monoisotopic (exact) mass is 553 g/mol. The van der Waals surface area contributed by atoms with Gasteiger partial charge in [0.15, 0.2) is 0 Å². The summed E-state index contributed by atoms with van der Waals surface area (Å²) in [5.41, 5.74) is 2.30. The summed E-state index contributed by atoms with van der Waals surface area (Å²) in [6.45, 7) is 4.59. The topological polar surface area (TPSA) is 119 Å². The van der Waals surface area contributed by atoms with Gasteiger partial charge in [0.1, 0.15) is 5.75 Å². The normalized spacial score (nSPS) is 23.6. The lowest BCUT2D eigenvalue weighted by Crippen LogP contribution is -2.35. The second-order valence-corrected chi connectivity index (χ2v) is 13.0. The number of ether oxygens (including phenoxy) is 2. The van der Waals surface area contributed by atoms with E-state index in [0.29, 0.717) is 55.7 Å². The maximum absolute atomic E-state index is 13.6. The molecule has 2 atom stereocenters. The first-order chi connectivity index (χ1) is 18.7. The van der Waals surface area contributed by atoms with E-state index in [1.807, 2.05) is 17.0 Å². The van der Waals surface area contributed by atoms with Gasteiger partial charge in [-0.25, -0.2) is 13.6 Å². The van der Waals surface area contributed by atoms with Gasteiger partial charge < -0.3 is 19.3 Å². The van der Waals surface area contributed by atoms with E-state index in [1.54, 1.807) is 4.90 Å². The zero-order chi connectivity index (χ0) is 27.1. The van der Waals surface area contributed by atoms with Gasteiger partial charge >= 0.3 is 0 Å². The number of nitrogens with two attached hydrogens (primary N) is 1. The van der Waals surface area contributed by atoms with Crippen LogP contribution in [0.2, 0.25) is 0 Å². The molecule has 6 rings (SSSR count). The standard InChI is InChI=1S/C29H35N3O6S/c30-39(35,36)27-5-3-21(4-6-27)28(33)31-14-24-16-32(17-25(24)15-31)29(34)23-11-22(20-1-2-20)12-26(13-23)38-18-19-7-9-37-10-8-19/h3-6,11-13,19-20,24-25H,1-2,7-10,14-18H2,(H2,30,35,36)/t24-,25?/m0/s1. The van der Waals surface area contributed by atoms with Gasteiger partial charge in [-0.2, -0.15) is 0 Å². The third-order valence-corrected chi connectivity index (χ3v) is 9.47. The lowest BCUT2D eigenvalue weighted by Gasteiger charge is -2.23. The molecule has 0 aromatic heterocycles. The van der Waals surface area contributed by atoms with Crippen LogP contribution in [0.1, 0.15) is 57.9 Å². The Morgan fingerprint density at radius 1 is 0.846 bits per heavy atom. The van der Waals surface area contributed by atoms with Crippen LogP contribution in [0.3, 0.4) is 0 Å². The van der Waals surface area contributed by atoms with Gasteiger partial charge in [0.25, 0.3) is 11.8 Å². The highest BCUT2D eigenvalue weighted by Gasteiger charge is 2.43. The molecular formula is C29H35N3O6S. The molecule has 3 saturated heterocycles. The van der Waals surface area contributed by atoms with Crippen LogP contribution in [-0.2, 0) is 14.8 Å². The molecular weight excluding hydrogens is 518 g/mol. The highest BCUT2D eigenvalue weighted by Crippen LogP contribution is 2.42. The summed E-state index contributed by atoms with van der Waals surface area (Å²) in [5, 5.41) is 5.16. The van der Waals surface area contributed by atoms with Crippen molar-refractivity contribution in [3.8, 4) is 5.75 Å². The van der Waals surface area contributed by atoms with Crippen LogP contribution in [0, 0.1) is 17.8 Å². The molecule has 1 unspecified atom stereocenters. The molecule has 1 aliphatic carbocycles. The summed E-state index contributed by atoms with van der Waals surface area (Å²) < 4.78 is 34.6. The number of sulfonamides is 1. The highest BCUT2D eigenvalue weighted by atomic mass is 32.2. The quantitative estimate of drug-likeness (QED) is 0.563. The van der Waals surface area contributed by atoms with E-state index in [1.165, 1.54) is 29.8 Å². The second kappa shape index (κ2) is 10.6. The van der Waals surface area contributed by atoms with Gasteiger partial charge in [0.2, 0.25) is 10.0 Å². The first-order valence-electron chi connectivity index (χ1n) is 13.8. The molecule has 0 bridgehead atoms. The third kappa shape index (κ3) is 5.83. The highest BCUT2D eigenvalue weighted by molar-refractivity contribution is 7.89. The number of likely N-dealkylation sites (tertiary alicyclic amines) is 2. The summed E-state index contributed by atoms with van der Waals surface area (Å²) in [6.07, 6.45) is 4.31. The largest absolute Gasteiger partial charge is 0.493 e. The van der Waals surface area contributed by atoms with Crippen LogP contribution in [0.25, 0.3) is 0 Å². The number of fused-ring (bicyclic) bond motifs is 1. The van der Waals surface area contributed by atoms with Crippen molar-refractivity contribution >= 4 is 21.8 Å². The molecule has 3 heterocycles. The molecule has 10 heteroatoms. The summed E-state index contributed by atoms with van der Waals surface area (Å²) >= 11 is 0. The van der Waals surface area contributed by atoms with Gasteiger partial charge in [-0.15, -0.1) is 0 Å². The average Bonchev–Trinajstić information content (AvgIpc) is 3.61. The van der Waals surface area contributed by atoms with Gasteiger partial charge in [0.05, 0.1) is 11.5 Å². The van der Waals surface area contributed by atoms with Crippen LogP contribution in [0.4, 0.5) is 0 Å². The Bertz CT molecular complexity index is 1340. The lowest BCUT2D eigenvalue weighted by molar-refractivity contribution is 0.0497. The maximum atomic E-state index is 13.6. The van der Waals surface area contributed by atoms with E-state index < -0.39 is 10.0 Å². The molecule has 2 aromatic carbocycles. The van der Waals surface area contributed by atoms with Crippen molar-refractivity contribution in [2.75, 3.05) is 46.0 Å². The number of carbonyl (C=O) groups is 2. The predicted molar refractivity (Wildman–Crippen MR) is 144 cm³/mol. The van der Waals surface area contributed by atoms with E-state index in [-0.39, 0.29) is 28.5 Å². The number of nitrogens with zero attached hydrogens (tertiary/aromatic N) is 2. The van der Waals surface area contributed by atoms with Crippen molar-refractivity contribution in [3.05, 3.63) is 59.2 Å². The van der Waals surface area contributed by atoms with Crippen molar-refractivity contribution in [1.29, 1.82) is 0 Å². The molecule has 0 spiro atoms. The van der Waals surface area contributed by atoms with Crippen molar-refractivity contribution in [2.24, 2.45) is 22.9 Å². The summed E-state index contributed by atoms with van der Waals surface area (Å²) in [6, 6.07) is 11.8. The van der Waals surface area contributed by atoms with Crippen molar-refractivity contribution in [1.82, 2.24) is 9.80 Å². The molecule has 2 aromatic rings. The zero-order valence-corrected chi connectivity index (χ0v) is 22.8. The molecule has 9 nitrogen and oxygen atoms in total. The van der Waals surface area contributed by atoms with Gasteiger partial charge in [-0.3, -0.25) is 9.59 Å². The molecule has 0 radical (unpaired) electrons. The number of benzene rings is 2. The Morgan fingerprint density at radius 2 is 1.44 bits per heavy atom. The van der Waals surface area contributed by atoms with Crippen LogP contribution >= 0.6 is 0 Å². The Morgan fingerprint density at radius 3 is 2.00 bits per heavy atom. The number of hydrogen-bond acceptors (Lipinski definition) is 6. The maximum Gasteiger partial charge on any atom is 0.254 e. The van der Waals surface area contributed by atoms with E-state index >= 15 is 0 Å².